The second-order valence-corrected chi connectivity index (χ2v) is 7.81. The zero-order chi connectivity index (χ0) is 19.4. The average Bonchev–Trinajstić information content (AvgIpc) is 2.46. The molecule has 0 aliphatic rings. The van der Waals surface area contributed by atoms with E-state index in [2.05, 4.69) is 5.32 Å². The van der Waals surface area contributed by atoms with Gasteiger partial charge in [-0.1, -0.05) is 39.3 Å². The number of amides is 2. The van der Waals surface area contributed by atoms with E-state index in [9.17, 15) is 14.4 Å². The van der Waals surface area contributed by atoms with Crippen LogP contribution in [0.5, 0.6) is 0 Å². The summed E-state index contributed by atoms with van der Waals surface area (Å²) in [5.41, 5.74) is 0.541. The van der Waals surface area contributed by atoms with Gasteiger partial charge in [-0.2, -0.15) is 0 Å². The number of nitrogens with zero attached hydrogens (tertiary/aromatic N) is 1. The highest BCUT2D eigenvalue weighted by Gasteiger charge is 2.21. The number of hydrogen-bond acceptors (Lipinski definition) is 3. The van der Waals surface area contributed by atoms with Crippen molar-refractivity contribution in [3.8, 4) is 0 Å². The molecular formula is C18H25ClN2O4. The highest BCUT2D eigenvalue weighted by Crippen LogP contribution is 2.24. The van der Waals surface area contributed by atoms with Crippen LogP contribution in [-0.2, 0) is 9.59 Å². The van der Waals surface area contributed by atoms with E-state index in [-0.39, 0.29) is 28.5 Å². The predicted octanol–water partition coefficient (Wildman–Crippen LogP) is 3.51. The van der Waals surface area contributed by atoms with Crippen molar-refractivity contribution in [2.75, 3.05) is 18.9 Å². The van der Waals surface area contributed by atoms with Gasteiger partial charge in [0.25, 0.3) is 5.91 Å². The Bertz CT molecular complexity index is 668. The molecule has 1 unspecified atom stereocenters. The standard InChI is InChI=1S/C18H25ClN2O4/c1-11(17(24)25)10-21(5)16(23)13-8-12(6-7-14(13)19)20-15(22)9-18(2,3)4/h6-8,11H,9-10H2,1-5H3,(H,20,22)(H,24,25). The van der Waals surface area contributed by atoms with E-state index in [0.29, 0.717) is 12.1 Å². The number of rotatable bonds is 6. The third-order valence-electron chi connectivity index (χ3n) is 3.49. The fraction of sp³-hybridized carbons (Fsp3) is 0.500. The maximum atomic E-state index is 12.5. The van der Waals surface area contributed by atoms with Crippen LogP contribution in [0.4, 0.5) is 5.69 Å². The molecule has 138 valence electrons. The number of hydrogen-bond donors (Lipinski definition) is 2. The first-order valence-electron chi connectivity index (χ1n) is 7.98. The predicted molar refractivity (Wildman–Crippen MR) is 97.9 cm³/mol. The van der Waals surface area contributed by atoms with Crippen molar-refractivity contribution < 1.29 is 19.5 Å². The van der Waals surface area contributed by atoms with Crippen molar-refractivity contribution in [2.24, 2.45) is 11.3 Å². The summed E-state index contributed by atoms with van der Waals surface area (Å²) >= 11 is 6.10. The largest absolute Gasteiger partial charge is 0.481 e. The number of carbonyl (C=O) groups is 3. The molecule has 0 saturated carbocycles. The molecule has 0 bridgehead atoms. The van der Waals surface area contributed by atoms with Crippen LogP contribution in [0.3, 0.4) is 0 Å². The number of carbonyl (C=O) groups excluding carboxylic acids is 2. The third-order valence-corrected chi connectivity index (χ3v) is 3.82. The molecule has 7 heteroatoms. The first kappa shape index (κ1) is 21.0. The molecule has 0 aliphatic heterocycles. The Balaban J connectivity index is 2.92. The summed E-state index contributed by atoms with van der Waals surface area (Å²) in [6, 6.07) is 4.67. The second kappa shape index (κ2) is 8.34. The maximum absolute atomic E-state index is 12.5. The zero-order valence-electron chi connectivity index (χ0n) is 15.2. The molecule has 1 aromatic carbocycles. The molecule has 0 aliphatic carbocycles. The first-order chi connectivity index (χ1) is 11.4. The van der Waals surface area contributed by atoms with Crippen molar-refractivity contribution in [3.63, 3.8) is 0 Å². The number of nitrogens with one attached hydrogen (secondary N) is 1. The lowest BCUT2D eigenvalue weighted by molar-refractivity contribution is -0.141. The van der Waals surface area contributed by atoms with E-state index in [0.717, 1.165) is 0 Å². The highest BCUT2D eigenvalue weighted by molar-refractivity contribution is 6.34. The monoisotopic (exact) mass is 368 g/mol. The van der Waals surface area contributed by atoms with Gasteiger partial charge in [0.1, 0.15) is 0 Å². The lowest BCUT2D eigenvalue weighted by Gasteiger charge is -2.21. The van der Waals surface area contributed by atoms with Crippen LogP contribution < -0.4 is 5.32 Å². The maximum Gasteiger partial charge on any atom is 0.308 e. The van der Waals surface area contributed by atoms with E-state index < -0.39 is 17.8 Å². The van der Waals surface area contributed by atoms with Crippen LogP contribution in [0, 0.1) is 11.3 Å². The van der Waals surface area contributed by atoms with Crippen molar-refractivity contribution in [1.29, 1.82) is 0 Å². The Morgan fingerprint density at radius 1 is 1.28 bits per heavy atom. The lowest BCUT2D eigenvalue weighted by Crippen LogP contribution is -2.33. The molecule has 1 rings (SSSR count). The molecule has 0 saturated heterocycles. The number of carboxylic acid groups (broad SMARTS) is 1. The van der Waals surface area contributed by atoms with Gasteiger partial charge in [-0.25, -0.2) is 0 Å². The van der Waals surface area contributed by atoms with Crippen molar-refractivity contribution in [3.05, 3.63) is 28.8 Å². The Hall–Kier alpha value is -2.08. The molecule has 6 nitrogen and oxygen atoms in total. The van der Waals surface area contributed by atoms with Gasteiger partial charge in [0.2, 0.25) is 5.91 Å². The summed E-state index contributed by atoms with van der Waals surface area (Å²) in [6.07, 6.45) is 0.342. The van der Waals surface area contributed by atoms with Gasteiger partial charge in [0.15, 0.2) is 0 Å². The van der Waals surface area contributed by atoms with Crippen LogP contribution in [0.25, 0.3) is 0 Å². The zero-order valence-corrected chi connectivity index (χ0v) is 16.0. The lowest BCUT2D eigenvalue weighted by atomic mass is 9.92. The number of benzene rings is 1. The SMILES string of the molecule is CC(CN(C)C(=O)c1cc(NC(=O)CC(C)(C)C)ccc1Cl)C(=O)O. The molecule has 0 aromatic heterocycles. The fourth-order valence-corrected chi connectivity index (χ4v) is 2.43. The van der Waals surface area contributed by atoms with E-state index >= 15 is 0 Å². The van der Waals surface area contributed by atoms with Crippen molar-refractivity contribution in [2.45, 2.75) is 34.1 Å². The summed E-state index contributed by atoms with van der Waals surface area (Å²) in [5.74, 6) is -2.22. The number of anilines is 1. The summed E-state index contributed by atoms with van der Waals surface area (Å²) in [7, 11) is 1.52. The van der Waals surface area contributed by atoms with Crippen LogP contribution in [0.15, 0.2) is 18.2 Å². The van der Waals surface area contributed by atoms with E-state index in [4.69, 9.17) is 16.7 Å². The van der Waals surface area contributed by atoms with Gasteiger partial charge in [-0.3, -0.25) is 14.4 Å². The van der Waals surface area contributed by atoms with Gasteiger partial charge < -0.3 is 15.3 Å². The summed E-state index contributed by atoms with van der Waals surface area (Å²) in [5, 5.41) is 12.0. The van der Waals surface area contributed by atoms with E-state index in [1.807, 2.05) is 20.8 Å². The molecule has 0 radical (unpaired) electrons. The van der Waals surface area contributed by atoms with Gasteiger partial charge in [-0.15, -0.1) is 0 Å². The summed E-state index contributed by atoms with van der Waals surface area (Å²) < 4.78 is 0. The van der Waals surface area contributed by atoms with E-state index in [1.54, 1.807) is 6.07 Å². The Kier molecular flexibility index (Phi) is 6.99. The molecular weight excluding hydrogens is 344 g/mol. The smallest absolute Gasteiger partial charge is 0.308 e. The van der Waals surface area contributed by atoms with Crippen LogP contribution >= 0.6 is 11.6 Å². The van der Waals surface area contributed by atoms with Gasteiger partial charge in [0.05, 0.1) is 16.5 Å². The second-order valence-electron chi connectivity index (χ2n) is 7.41. The van der Waals surface area contributed by atoms with Gasteiger partial charge in [0, 0.05) is 25.7 Å². The van der Waals surface area contributed by atoms with Crippen LogP contribution in [-0.4, -0.2) is 41.4 Å². The highest BCUT2D eigenvalue weighted by atomic mass is 35.5. The van der Waals surface area contributed by atoms with Gasteiger partial charge in [-0.05, 0) is 23.6 Å². The molecule has 1 aromatic rings. The molecule has 2 N–H and O–H groups in total. The molecule has 1 atom stereocenters. The molecule has 0 fully saturated rings. The first-order valence-corrected chi connectivity index (χ1v) is 8.36. The van der Waals surface area contributed by atoms with E-state index in [1.165, 1.54) is 31.0 Å². The Labute approximate surface area is 153 Å². The molecule has 0 spiro atoms. The molecule has 2 amide bonds. The summed E-state index contributed by atoms with van der Waals surface area (Å²) in [4.78, 5) is 36.8. The average molecular weight is 369 g/mol. The topological polar surface area (TPSA) is 86.7 Å². The number of aliphatic carboxylic acids is 1. The normalized spacial score (nSPS) is 12.4. The van der Waals surface area contributed by atoms with Crippen molar-refractivity contribution >= 4 is 35.1 Å². The minimum absolute atomic E-state index is 0.0606. The Morgan fingerprint density at radius 3 is 2.40 bits per heavy atom. The number of halogens is 1. The minimum Gasteiger partial charge on any atom is -0.481 e. The van der Waals surface area contributed by atoms with Crippen molar-refractivity contribution in [1.82, 2.24) is 4.90 Å². The van der Waals surface area contributed by atoms with Crippen LogP contribution in [0.1, 0.15) is 44.5 Å². The fourth-order valence-electron chi connectivity index (χ4n) is 2.23. The number of carboxylic acids is 1. The third kappa shape index (κ3) is 6.74. The molecule has 25 heavy (non-hydrogen) atoms. The van der Waals surface area contributed by atoms with Crippen LogP contribution in [0.2, 0.25) is 5.02 Å². The quantitative estimate of drug-likeness (QED) is 0.804. The Morgan fingerprint density at radius 2 is 1.88 bits per heavy atom. The summed E-state index contributed by atoms with van der Waals surface area (Å²) in [6.45, 7) is 7.47. The minimum atomic E-state index is -0.978. The van der Waals surface area contributed by atoms with Gasteiger partial charge >= 0.3 is 5.97 Å². The molecule has 0 heterocycles.